The molecule has 1 aromatic rings. The van der Waals surface area contributed by atoms with Gasteiger partial charge in [0.25, 0.3) is 11.6 Å². The third-order valence-corrected chi connectivity index (χ3v) is 2.80. The maximum absolute atomic E-state index is 12.4. The van der Waals surface area contributed by atoms with Crippen molar-refractivity contribution in [3.63, 3.8) is 0 Å². The number of carbonyl (C=O) groups is 1. The summed E-state index contributed by atoms with van der Waals surface area (Å²) in [5, 5.41) is 10.9. The lowest BCUT2D eigenvalue weighted by molar-refractivity contribution is -0.385. The third kappa shape index (κ3) is 5.05. The number of nitrogens with zero attached hydrogens (tertiary/aromatic N) is 2. The van der Waals surface area contributed by atoms with Gasteiger partial charge in [0.1, 0.15) is 12.1 Å². The molecule has 1 amide bonds. The van der Waals surface area contributed by atoms with E-state index in [1.165, 1.54) is 6.07 Å². The van der Waals surface area contributed by atoms with Crippen LogP contribution in [0.15, 0.2) is 18.2 Å². The van der Waals surface area contributed by atoms with Gasteiger partial charge in [0.2, 0.25) is 0 Å². The van der Waals surface area contributed by atoms with Crippen molar-refractivity contribution < 1.29 is 22.9 Å². The van der Waals surface area contributed by atoms with Crippen LogP contribution in [0, 0.1) is 10.1 Å². The van der Waals surface area contributed by atoms with E-state index >= 15 is 0 Å². The van der Waals surface area contributed by atoms with Crippen LogP contribution in [-0.2, 0) is 0 Å². The van der Waals surface area contributed by atoms with Gasteiger partial charge in [-0.25, -0.2) is 0 Å². The molecular formula is C11H9Cl2F3N2O3. The Kier molecular flexibility index (Phi) is 5.79. The summed E-state index contributed by atoms with van der Waals surface area (Å²) >= 11 is 11.0. The molecule has 5 nitrogen and oxygen atoms in total. The number of amides is 1. The summed E-state index contributed by atoms with van der Waals surface area (Å²) in [6.45, 7) is -1.93. The Hall–Kier alpha value is -1.54. The van der Waals surface area contributed by atoms with Crippen LogP contribution in [0.5, 0.6) is 0 Å². The second-order valence-corrected chi connectivity index (χ2v) is 4.76. The van der Waals surface area contributed by atoms with Crippen molar-refractivity contribution in [1.29, 1.82) is 0 Å². The minimum absolute atomic E-state index is 0.00188. The van der Waals surface area contributed by atoms with Gasteiger partial charge in [0.05, 0.1) is 4.92 Å². The topological polar surface area (TPSA) is 63.4 Å². The van der Waals surface area contributed by atoms with Crippen LogP contribution in [0.2, 0.25) is 5.02 Å². The third-order valence-electron chi connectivity index (χ3n) is 2.40. The van der Waals surface area contributed by atoms with Crippen LogP contribution in [-0.4, -0.2) is 40.9 Å². The smallest absolute Gasteiger partial charge is 0.328 e. The number of rotatable bonds is 5. The molecule has 0 heterocycles. The SMILES string of the molecule is O=C(c1ccc(Cl)cc1[N+](=O)[O-])N(CCCl)CC(F)(F)F. The molecule has 0 radical (unpaired) electrons. The van der Waals surface area contributed by atoms with Gasteiger partial charge >= 0.3 is 6.18 Å². The van der Waals surface area contributed by atoms with Gasteiger partial charge in [0.15, 0.2) is 0 Å². The van der Waals surface area contributed by atoms with Gasteiger partial charge in [0, 0.05) is 23.5 Å². The standard InChI is InChI=1S/C11H9Cl2F3N2O3/c12-3-4-17(6-11(14,15)16)10(19)8-2-1-7(13)5-9(8)18(20)21/h1-2,5H,3-4,6H2. The average Bonchev–Trinajstić information content (AvgIpc) is 2.35. The fraction of sp³-hybridized carbons (Fsp3) is 0.364. The molecule has 21 heavy (non-hydrogen) atoms. The van der Waals surface area contributed by atoms with E-state index in [2.05, 4.69) is 0 Å². The lowest BCUT2D eigenvalue weighted by Gasteiger charge is -2.23. The first-order valence-electron chi connectivity index (χ1n) is 5.51. The molecule has 0 aliphatic carbocycles. The van der Waals surface area contributed by atoms with Crippen molar-refractivity contribution in [2.24, 2.45) is 0 Å². The lowest BCUT2D eigenvalue weighted by atomic mass is 10.1. The Balaban J connectivity index is 3.17. The number of nitro benzene ring substituents is 1. The van der Waals surface area contributed by atoms with Gasteiger partial charge in [-0.3, -0.25) is 14.9 Å². The van der Waals surface area contributed by atoms with Crippen LogP contribution < -0.4 is 0 Å². The molecule has 0 bridgehead atoms. The van der Waals surface area contributed by atoms with Gasteiger partial charge < -0.3 is 4.90 Å². The van der Waals surface area contributed by atoms with Crippen LogP contribution in [0.1, 0.15) is 10.4 Å². The van der Waals surface area contributed by atoms with Gasteiger partial charge in [-0.15, -0.1) is 11.6 Å². The zero-order chi connectivity index (χ0) is 16.2. The highest BCUT2D eigenvalue weighted by molar-refractivity contribution is 6.31. The molecule has 1 aromatic carbocycles. The van der Waals surface area contributed by atoms with Crippen LogP contribution in [0.25, 0.3) is 0 Å². The molecule has 0 aliphatic rings. The van der Waals surface area contributed by atoms with Crippen molar-refractivity contribution in [3.8, 4) is 0 Å². The zero-order valence-electron chi connectivity index (χ0n) is 10.4. The van der Waals surface area contributed by atoms with E-state index in [-0.39, 0.29) is 17.4 Å². The molecule has 0 saturated carbocycles. The Morgan fingerprint density at radius 2 is 2.00 bits per heavy atom. The number of halogens is 5. The molecule has 0 fully saturated rings. The first-order chi connectivity index (χ1) is 9.65. The molecule has 0 spiro atoms. The van der Waals surface area contributed by atoms with Crippen molar-refractivity contribution >= 4 is 34.8 Å². The number of benzene rings is 1. The molecule has 116 valence electrons. The van der Waals surface area contributed by atoms with Crippen molar-refractivity contribution in [3.05, 3.63) is 38.9 Å². The maximum Gasteiger partial charge on any atom is 0.406 e. The highest BCUT2D eigenvalue weighted by Gasteiger charge is 2.35. The number of carbonyl (C=O) groups excluding carboxylic acids is 1. The maximum atomic E-state index is 12.4. The molecule has 0 N–H and O–H groups in total. The van der Waals surface area contributed by atoms with Gasteiger partial charge in [-0.2, -0.15) is 13.2 Å². The van der Waals surface area contributed by atoms with Crippen molar-refractivity contribution in [1.82, 2.24) is 4.90 Å². The zero-order valence-corrected chi connectivity index (χ0v) is 11.9. The van der Waals surface area contributed by atoms with E-state index in [4.69, 9.17) is 23.2 Å². The van der Waals surface area contributed by atoms with Crippen LogP contribution in [0.3, 0.4) is 0 Å². The molecule has 0 aromatic heterocycles. The first kappa shape index (κ1) is 17.5. The Morgan fingerprint density at radius 3 is 2.48 bits per heavy atom. The van der Waals surface area contributed by atoms with E-state index in [9.17, 15) is 28.1 Å². The molecule has 0 unspecified atom stereocenters. The van der Waals surface area contributed by atoms with Crippen molar-refractivity contribution in [2.75, 3.05) is 19.0 Å². The molecule has 0 atom stereocenters. The van der Waals surface area contributed by atoms with Gasteiger partial charge in [-0.05, 0) is 12.1 Å². The van der Waals surface area contributed by atoms with E-state index in [1.54, 1.807) is 0 Å². The minimum Gasteiger partial charge on any atom is -0.328 e. The van der Waals surface area contributed by atoms with Crippen LogP contribution in [0.4, 0.5) is 18.9 Å². The summed E-state index contributed by atoms with van der Waals surface area (Å²) in [6, 6.07) is 3.11. The predicted molar refractivity (Wildman–Crippen MR) is 70.8 cm³/mol. The van der Waals surface area contributed by atoms with Gasteiger partial charge in [-0.1, -0.05) is 11.6 Å². The first-order valence-corrected chi connectivity index (χ1v) is 6.43. The largest absolute Gasteiger partial charge is 0.406 e. The summed E-state index contributed by atoms with van der Waals surface area (Å²) in [4.78, 5) is 22.5. The second-order valence-electron chi connectivity index (χ2n) is 3.95. The van der Waals surface area contributed by atoms with E-state index in [1.807, 2.05) is 0 Å². The van der Waals surface area contributed by atoms with Crippen LogP contribution >= 0.6 is 23.2 Å². The van der Waals surface area contributed by atoms with E-state index in [0.29, 0.717) is 4.90 Å². The molecule has 10 heteroatoms. The lowest BCUT2D eigenvalue weighted by Crippen LogP contribution is -2.40. The molecule has 0 saturated heterocycles. The highest BCUT2D eigenvalue weighted by atomic mass is 35.5. The number of hydrogen-bond donors (Lipinski definition) is 0. The Labute approximate surface area is 127 Å². The summed E-state index contributed by atoms with van der Waals surface area (Å²) in [7, 11) is 0. The Bertz CT molecular complexity index is 552. The molecule has 0 aliphatic heterocycles. The second kappa shape index (κ2) is 6.95. The summed E-state index contributed by atoms with van der Waals surface area (Å²) in [5.41, 5.74) is -1.13. The normalized spacial score (nSPS) is 11.3. The van der Waals surface area contributed by atoms with Crippen molar-refractivity contribution in [2.45, 2.75) is 6.18 Å². The number of alkyl halides is 4. The average molecular weight is 345 g/mol. The fourth-order valence-electron chi connectivity index (χ4n) is 1.58. The fourth-order valence-corrected chi connectivity index (χ4v) is 1.95. The minimum atomic E-state index is -4.64. The summed E-state index contributed by atoms with van der Waals surface area (Å²) in [5.74, 6) is -1.36. The van der Waals surface area contributed by atoms with E-state index in [0.717, 1.165) is 12.1 Å². The Morgan fingerprint density at radius 1 is 1.38 bits per heavy atom. The quantitative estimate of drug-likeness (QED) is 0.466. The van der Waals surface area contributed by atoms with E-state index < -0.39 is 34.8 Å². The summed E-state index contributed by atoms with van der Waals surface area (Å²) in [6.07, 6.45) is -4.64. The molecule has 1 rings (SSSR count). The molecular weight excluding hydrogens is 336 g/mol. The number of hydrogen-bond acceptors (Lipinski definition) is 3. The predicted octanol–water partition coefficient (Wildman–Crippen LogP) is 3.49. The highest BCUT2D eigenvalue weighted by Crippen LogP contribution is 2.26. The summed E-state index contributed by atoms with van der Waals surface area (Å²) < 4.78 is 37.3. The number of nitro groups is 1. The monoisotopic (exact) mass is 344 g/mol.